The number of hydrogen-bond donors (Lipinski definition) is 5. The topological polar surface area (TPSA) is 124 Å². The van der Waals surface area contributed by atoms with Crippen molar-refractivity contribution in [2.75, 3.05) is 6.54 Å². The van der Waals surface area contributed by atoms with E-state index in [2.05, 4.69) is 0 Å². The van der Waals surface area contributed by atoms with E-state index in [9.17, 15) is 4.79 Å². The predicted octanol–water partition coefficient (Wildman–Crippen LogP) is -1.39. The Hall–Kier alpha value is -0.260. The average molecular weight is 171 g/mol. The molecule has 0 heterocycles. The summed E-state index contributed by atoms with van der Waals surface area (Å²) in [6.07, 6.45) is 0.0694. The van der Waals surface area contributed by atoms with Crippen LogP contribution in [0.15, 0.2) is 0 Å². The molecule has 6 N–H and O–H groups in total. The summed E-state index contributed by atoms with van der Waals surface area (Å²) < 4.78 is 0. The zero-order valence-corrected chi connectivity index (χ0v) is 6.03. The van der Waals surface area contributed by atoms with Gasteiger partial charge in [0.2, 0.25) is 0 Å². The van der Waals surface area contributed by atoms with Gasteiger partial charge in [-0.3, -0.25) is 4.79 Å². The van der Waals surface area contributed by atoms with Crippen molar-refractivity contribution in [3.63, 3.8) is 0 Å². The summed E-state index contributed by atoms with van der Waals surface area (Å²) in [5.41, 5.74) is 4.85. The number of carboxylic acids is 1. The number of carboxylic acid groups (broad SMARTS) is 1. The highest BCUT2D eigenvalue weighted by Gasteiger charge is 1.87. The van der Waals surface area contributed by atoms with E-state index in [0.717, 1.165) is 0 Å². The first-order valence-electron chi connectivity index (χ1n) is 2.29. The summed E-state index contributed by atoms with van der Waals surface area (Å²) in [6, 6.07) is 0. The quantitative estimate of drug-likeness (QED) is 0.326. The van der Waals surface area contributed by atoms with E-state index >= 15 is 0 Å². The van der Waals surface area contributed by atoms with Crippen LogP contribution >= 0.6 is 8.60 Å². The maximum atomic E-state index is 9.52. The molecular formula is C3H10NO5P. The Morgan fingerprint density at radius 2 is 1.70 bits per heavy atom. The zero-order chi connectivity index (χ0) is 8.57. The maximum Gasteiger partial charge on any atom is 0.324 e. The van der Waals surface area contributed by atoms with Gasteiger partial charge < -0.3 is 25.5 Å². The first-order valence-corrected chi connectivity index (χ1v) is 3.49. The molecule has 0 rings (SSSR count). The molecule has 0 radical (unpaired) electrons. The third kappa shape index (κ3) is 46.8. The number of nitrogens with two attached hydrogens (primary N) is 1. The minimum atomic E-state index is -2.62. The van der Waals surface area contributed by atoms with Gasteiger partial charge in [-0.1, -0.05) is 0 Å². The largest absolute Gasteiger partial charge is 0.481 e. The van der Waals surface area contributed by atoms with Gasteiger partial charge in [-0.25, -0.2) is 0 Å². The Bertz CT molecular complexity index is 84.2. The van der Waals surface area contributed by atoms with Crippen molar-refractivity contribution >= 4 is 14.6 Å². The highest BCUT2D eigenvalue weighted by molar-refractivity contribution is 7.38. The smallest absolute Gasteiger partial charge is 0.324 e. The summed E-state index contributed by atoms with van der Waals surface area (Å²) in [7, 11) is -2.62. The standard InChI is InChI=1S/C3H7NO2.H3O3P/c4-2-1-3(5)6;1-4(2)3/h1-2,4H2,(H,5,6);1-3H. The van der Waals surface area contributed by atoms with Crippen molar-refractivity contribution in [2.24, 2.45) is 5.73 Å². The van der Waals surface area contributed by atoms with Gasteiger partial charge >= 0.3 is 14.6 Å². The Morgan fingerprint density at radius 3 is 1.70 bits per heavy atom. The molecule has 0 aromatic rings. The van der Waals surface area contributed by atoms with Crippen LogP contribution in [0, 0.1) is 0 Å². The lowest BCUT2D eigenvalue weighted by Crippen LogP contribution is -2.05. The molecule has 0 aliphatic heterocycles. The molecule has 62 valence electrons. The van der Waals surface area contributed by atoms with E-state index in [4.69, 9.17) is 25.5 Å². The molecular weight excluding hydrogens is 161 g/mol. The highest BCUT2D eigenvalue weighted by atomic mass is 31.2. The molecule has 0 aromatic carbocycles. The van der Waals surface area contributed by atoms with Crippen molar-refractivity contribution < 1.29 is 24.6 Å². The molecule has 10 heavy (non-hydrogen) atoms. The summed E-state index contributed by atoms with van der Waals surface area (Å²) in [5, 5.41) is 7.83. The van der Waals surface area contributed by atoms with Crippen molar-refractivity contribution in [1.29, 1.82) is 0 Å². The molecule has 0 aliphatic rings. The Morgan fingerprint density at radius 1 is 1.40 bits per heavy atom. The van der Waals surface area contributed by atoms with Crippen LogP contribution in [-0.2, 0) is 4.79 Å². The van der Waals surface area contributed by atoms with Crippen LogP contribution in [0.4, 0.5) is 0 Å². The maximum absolute atomic E-state index is 9.52. The van der Waals surface area contributed by atoms with Gasteiger partial charge in [-0.15, -0.1) is 0 Å². The van der Waals surface area contributed by atoms with Gasteiger partial charge in [0.05, 0.1) is 6.42 Å². The second-order valence-electron chi connectivity index (χ2n) is 1.20. The summed E-state index contributed by atoms with van der Waals surface area (Å²) in [4.78, 5) is 31.2. The third-order valence-corrected chi connectivity index (χ3v) is 0.358. The lowest BCUT2D eigenvalue weighted by atomic mass is 10.5. The molecule has 7 heteroatoms. The fraction of sp³-hybridized carbons (Fsp3) is 0.667. The Balaban J connectivity index is 0. The molecule has 0 aromatic heterocycles. The lowest BCUT2D eigenvalue weighted by Gasteiger charge is -1.80. The number of aliphatic carboxylic acids is 1. The van der Waals surface area contributed by atoms with Crippen LogP contribution in [0.5, 0.6) is 0 Å². The highest BCUT2D eigenvalue weighted by Crippen LogP contribution is 2.11. The summed E-state index contributed by atoms with van der Waals surface area (Å²) in [6.45, 7) is 0.231. The van der Waals surface area contributed by atoms with Gasteiger partial charge in [-0.05, 0) is 0 Å². The molecule has 0 amide bonds. The van der Waals surface area contributed by atoms with Crippen molar-refractivity contribution in [1.82, 2.24) is 0 Å². The zero-order valence-electron chi connectivity index (χ0n) is 5.14. The second-order valence-corrected chi connectivity index (χ2v) is 1.74. The fourth-order valence-electron chi connectivity index (χ4n) is 0.123. The third-order valence-electron chi connectivity index (χ3n) is 0.358. The lowest BCUT2D eigenvalue weighted by molar-refractivity contribution is -0.136. The average Bonchev–Trinajstić information content (AvgIpc) is 1.62. The van der Waals surface area contributed by atoms with Crippen LogP contribution in [0.25, 0.3) is 0 Å². The molecule has 0 fully saturated rings. The van der Waals surface area contributed by atoms with Gasteiger partial charge in [0.25, 0.3) is 0 Å². The number of hydrogen-bond acceptors (Lipinski definition) is 5. The van der Waals surface area contributed by atoms with Crippen molar-refractivity contribution in [3.8, 4) is 0 Å². The van der Waals surface area contributed by atoms with Gasteiger partial charge in [0.15, 0.2) is 0 Å². The molecule has 0 saturated carbocycles. The molecule has 0 unspecified atom stereocenters. The van der Waals surface area contributed by atoms with Crippen LogP contribution in [0.1, 0.15) is 6.42 Å². The van der Waals surface area contributed by atoms with E-state index in [1.807, 2.05) is 0 Å². The first-order chi connectivity index (χ1) is 4.50. The Kier molecular flexibility index (Phi) is 10.9. The van der Waals surface area contributed by atoms with E-state index in [-0.39, 0.29) is 13.0 Å². The minimum absolute atomic E-state index is 0.0694. The molecule has 0 aliphatic carbocycles. The second kappa shape index (κ2) is 8.74. The van der Waals surface area contributed by atoms with Crippen molar-refractivity contribution in [3.05, 3.63) is 0 Å². The molecule has 6 nitrogen and oxygen atoms in total. The van der Waals surface area contributed by atoms with E-state index in [0.29, 0.717) is 0 Å². The van der Waals surface area contributed by atoms with Crippen LogP contribution in [-0.4, -0.2) is 32.3 Å². The molecule has 0 saturated heterocycles. The van der Waals surface area contributed by atoms with Crippen LogP contribution in [0.3, 0.4) is 0 Å². The molecule has 0 spiro atoms. The van der Waals surface area contributed by atoms with E-state index in [1.54, 1.807) is 0 Å². The fourth-order valence-corrected chi connectivity index (χ4v) is 0.123. The normalized spacial score (nSPS) is 8.50. The monoisotopic (exact) mass is 171 g/mol. The van der Waals surface area contributed by atoms with Gasteiger partial charge in [-0.2, -0.15) is 0 Å². The van der Waals surface area contributed by atoms with Gasteiger partial charge in [0.1, 0.15) is 0 Å². The van der Waals surface area contributed by atoms with E-state index < -0.39 is 14.6 Å². The van der Waals surface area contributed by atoms with Crippen molar-refractivity contribution in [2.45, 2.75) is 6.42 Å². The predicted molar refractivity (Wildman–Crippen MR) is 34.9 cm³/mol. The van der Waals surface area contributed by atoms with Gasteiger partial charge in [0, 0.05) is 6.54 Å². The molecule has 0 atom stereocenters. The summed E-state index contributed by atoms with van der Waals surface area (Å²) in [5.74, 6) is -0.836. The number of carbonyl (C=O) groups is 1. The summed E-state index contributed by atoms with van der Waals surface area (Å²) >= 11 is 0. The van der Waals surface area contributed by atoms with E-state index in [1.165, 1.54) is 0 Å². The first kappa shape index (κ1) is 12.4. The SMILES string of the molecule is NCCC(=O)O.OP(O)O. The van der Waals surface area contributed by atoms with Crippen LogP contribution in [0.2, 0.25) is 0 Å². The number of rotatable bonds is 2. The van der Waals surface area contributed by atoms with Crippen LogP contribution < -0.4 is 5.73 Å². The molecule has 0 bridgehead atoms. The minimum Gasteiger partial charge on any atom is -0.481 e. The Labute approximate surface area is 58.9 Å².